The Morgan fingerprint density at radius 2 is 0.820 bits per heavy atom. The number of allylic oxidation sites excluding steroid dienone is 5. The van der Waals surface area contributed by atoms with Gasteiger partial charge in [-0.15, -0.1) is 0 Å². The lowest BCUT2D eigenvalue weighted by molar-refractivity contribution is -0.131. The minimum absolute atomic E-state index is 0.378. The predicted molar refractivity (Wildman–Crippen MR) is 218 cm³/mol. The molecule has 3 unspecified atom stereocenters. The molecular formula is C45H85NO4. The lowest BCUT2D eigenvalue weighted by Gasteiger charge is -2.21. The fourth-order valence-electron chi connectivity index (χ4n) is 6.49. The molecule has 0 aromatic carbocycles. The van der Waals surface area contributed by atoms with Gasteiger partial charge in [0.25, 0.3) is 0 Å². The zero-order valence-electron chi connectivity index (χ0n) is 33.3. The maximum absolute atomic E-state index is 12.4. The maximum atomic E-state index is 12.4. The van der Waals surface area contributed by atoms with Crippen molar-refractivity contribution in [1.82, 2.24) is 5.32 Å². The molecule has 5 heteroatoms. The minimum Gasteiger partial charge on any atom is -0.394 e. The second-order valence-corrected chi connectivity index (χ2v) is 14.9. The Balaban J connectivity index is 3.74. The Morgan fingerprint density at radius 1 is 0.480 bits per heavy atom. The fraction of sp³-hybridized carbons (Fsp3) is 0.844. The molecule has 1 amide bonds. The number of aliphatic hydroxyl groups is 3. The lowest BCUT2D eigenvalue weighted by Crippen LogP contribution is -2.48. The van der Waals surface area contributed by atoms with E-state index in [1.54, 1.807) is 6.08 Å². The van der Waals surface area contributed by atoms with Gasteiger partial charge in [-0.2, -0.15) is 0 Å². The molecule has 0 aromatic rings. The molecule has 0 bridgehead atoms. The van der Waals surface area contributed by atoms with E-state index in [1.807, 2.05) is 6.08 Å². The molecule has 4 N–H and O–H groups in total. The summed E-state index contributed by atoms with van der Waals surface area (Å²) in [5.74, 6) is -0.518. The van der Waals surface area contributed by atoms with Crippen LogP contribution >= 0.6 is 0 Å². The van der Waals surface area contributed by atoms with Crippen molar-refractivity contribution in [2.75, 3.05) is 6.61 Å². The number of unbranched alkanes of at least 4 members (excludes halogenated alkanes) is 27. The third-order valence-electron chi connectivity index (χ3n) is 9.95. The fourth-order valence-corrected chi connectivity index (χ4v) is 6.49. The van der Waals surface area contributed by atoms with Gasteiger partial charge in [-0.25, -0.2) is 0 Å². The van der Waals surface area contributed by atoms with E-state index in [4.69, 9.17) is 0 Å². The topological polar surface area (TPSA) is 89.8 Å². The molecule has 3 atom stereocenters. The highest BCUT2D eigenvalue weighted by molar-refractivity contribution is 5.80. The van der Waals surface area contributed by atoms with Crippen LogP contribution in [0.4, 0.5) is 0 Å². The van der Waals surface area contributed by atoms with Crippen LogP contribution in [0.1, 0.15) is 219 Å². The Bertz CT molecular complexity index is 779. The van der Waals surface area contributed by atoms with Gasteiger partial charge in [0, 0.05) is 0 Å². The quantitative estimate of drug-likeness (QED) is 0.0379. The van der Waals surface area contributed by atoms with Crippen LogP contribution in [0.15, 0.2) is 36.5 Å². The van der Waals surface area contributed by atoms with Crippen molar-refractivity contribution in [1.29, 1.82) is 0 Å². The van der Waals surface area contributed by atoms with Crippen molar-refractivity contribution in [3.05, 3.63) is 36.5 Å². The molecule has 0 aliphatic rings. The molecule has 0 rings (SSSR count). The third kappa shape index (κ3) is 35.0. The van der Waals surface area contributed by atoms with E-state index in [0.717, 1.165) is 38.5 Å². The molecule has 0 saturated carbocycles. The number of hydrogen-bond donors (Lipinski definition) is 4. The van der Waals surface area contributed by atoms with Crippen LogP contribution in [-0.4, -0.2) is 46.1 Å². The molecule has 0 aliphatic carbocycles. The van der Waals surface area contributed by atoms with E-state index in [9.17, 15) is 20.1 Å². The van der Waals surface area contributed by atoms with E-state index < -0.39 is 24.2 Å². The van der Waals surface area contributed by atoms with Crippen molar-refractivity contribution in [2.24, 2.45) is 0 Å². The van der Waals surface area contributed by atoms with Crippen LogP contribution in [0.5, 0.6) is 0 Å². The largest absolute Gasteiger partial charge is 0.394 e. The molecule has 0 aromatic heterocycles. The second-order valence-electron chi connectivity index (χ2n) is 14.9. The lowest BCUT2D eigenvalue weighted by atomic mass is 10.0. The summed E-state index contributed by atoms with van der Waals surface area (Å²) in [4.78, 5) is 12.4. The summed E-state index contributed by atoms with van der Waals surface area (Å²) in [5.41, 5.74) is 0. The number of nitrogens with one attached hydrogen (secondary N) is 1. The first-order chi connectivity index (χ1) is 24.6. The first-order valence-electron chi connectivity index (χ1n) is 21.8. The highest BCUT2D eigenvalue weighted by atomic mass is 16.3. The van der Waals surface area contributed by atoms with Crippen molar-refractivity contribution in [3.8, 4) is 0 Å². The first-order valence-corrected chi connectivity index (χ1v) is 21.8. The van der Waals surface area contributed by atoms with Crippen LogP contribution in [0.3, 0.4) is 0 Å². The Kier molecular flexibility index (Phi) is 39.2. The minimum atomic E-state index is -1.11. The summed E-state index contributed by atoms with van der Waals surface area (Å²) >= 11 is 0. The molecule has 5 nitrogen and oxygen atoms in total. The molecule has 0 spiro atoms. The first kappa shape index (κ1) is 48.6. The van der Waals surface area contributed by atoms with Gasteiger partial charge in [-0.1, -0.05) is 198 Å². The summed E-state index contributed by atoms with van der Waals surface area (Å²) in [6.45, 7) is 4.17. The second kappa shape index (κ2) is 40.3. The Labute approximate surface area is 311 Å². The summed E-state index contributed by atoms with van der Waals surface area (Å²) in [6, 6.07) is -0.816. The van der Waals surface area contributed by atoms with Crippen LogP contribution in [0, 0.1) is 0 Å². The number of hydrogen-bond acceptors (Lipinski definition) is 4. The van der Waals surface area contributed by atoms with Gasteiger partial charge in [-0.3, -0.25) is 4.79 Å². The van der Waals surface area contributed by atoms with Gasteiger partial charge in [-0.05, 0) is 57.8 Å². The average molecular weight is 704 g/mol. The van der Waals surface area contributed by atoms with Crippen LogP contribution in [0.2, 0.25) is 0 Å². The highest BCUT2D eigenvalue weighted by Gasteiger charge is 2.22. The SMILES string of the molecule is CCCCCCCCCC/C=C\CCCCCCCCC(O)C(=O)NC(CO)C(O)/C=C/CC/C=C/CCCCCCCCCCCCCC. The van der Waals surface area contributed by atoms with Gasteiger partial charge in [0.05, 0.1) is 18.8 Å². The maximum Gasteiger partial charge on any atom is 0.249 e. The third-order valence-corrected chi connectivity index (χ3v) is 9.95. The number of aliphatic hydroxyl groups excluding tert-OH is 3. The van der Waals surface area contributed by atoms with Crippen molar-refractivity contribution >= 4 is 5.91 Å². The highest BCUT2D eigenvalue weighted by Crippen LogP contribution is 2.14. The van der Waals surface area contributed by atoms with Crippen LogP contribution in [0.25, 0.3) is 0 Å². The van der Waals surface area contributed by atoms with E-state index >= 15 is 0 Å². The van der Waals surface area contributed by atoms with Gasteiger partial charge < -0.3 is 20.6 Å². The van der Waals surface area contributed by atoms with E-state index in [-0.39, 0.29) is 6.61 Å². The summed E-state index contributed by atoms with van der Waals surface area (Å²) in [6.07, 6.45) is 50.3. The molecule has 0 aliphatic heterocycles. The van der Waals surface area contributed by atoms with E-state index in [0.29, 0.717) is 6.42 Å². The van der Waals surface area contributed by atoms with Crippen molar-refractivity contribution < 1.29 is 20.1 Å². The summed E-state index contributed by atoms with van der Waals surface area (Å²) < 4.78 is 0. The smallest absolute Gasteiger partial charge is 0.249 e. The monoisotopic (exact) mass is 704 g/mol. The Hall–Kier alpha value is -1.43. The number of carbonyl (C=O) groups excluding carboxylic acids is 1. The van der Waals surface area contributed by atoms with Gasteiger partial charge in [0.15, 0.2) is 0 Å². The normalized spacial score (nSPS) is 13.9. The van der Waals surface area contributed by atoms with E-state index in [2.05, 4.69) is 43.5 Å². The zero-order chi connectivity index (χ0) is 36.6. The number of carbonyl (C=O) groups is 1. The zero-order valence-corrected chi connectivity index (χ0v) is 33.3. The van der Waals surface area contributed by atoms with Gasteiger partial charge in [0.2, 0.25) is 5.91 Å². The molecule has 0 radical (unpaired) electrons. The molecule has 294 valence electrons. The number of rotatable bonds is 39. The molecule has 0 saturated heterocycles. The van der Waals surface area contributed by atoms with Gasteiger partial charge >= 0.3 is 0 Å². The van der Waals surface area contributed by atoms with Crippen molar-refractivity contribution in [3.63, 3.8) is 0 Å². The molecule has 50 heavy (non-hydrogen) atoms. The van der Waals surface area contributed by atoms with Crippen molar-refractivity contribution in [2.45, 2.75) is 238 Å². The van der Waals surface area contributed by atoms with E-state index in [1.165, 1.54) is 161 Å². The van der Waals surface area contributed by atoms with Gasteiger partial charge in [0.1, 0.15) is 6.10 Å². The predicted octanol–water partition coefficient (Wildman–Crippen LogP) is 12.4. The van der Waals surface area contributed by atoms with Crippen LogP contribution < -0.4 is 5.32 Å². The summed E-state index contributed by atoms with van der Waals surface area (Å²) in [7, 11) is 0. The molecule has 0 heterocycles. The average Bonchev–Trinajstić information content (AvgIpc) is 3.12. The molecular weight excluding hydrogens is 618 g/mol. The number of amides is 1. The standard InChI is InChI=1S/C45H85NO4/c1-3-5-7-9-11-13-15-17-19-21-23-25-27-29-31-33-35-37-39-43(48)42(41-47)46-45(50)44(49)40-38-36-34-32-30-28-26-24-22-20-18-16-14-12-10-8-6-4-2/h22,24,29,31,37,39,42-44,47-49H,3-21,23,25-28,30,32-36,38,40-41H2,1-2H3,(H,46,50)/b24-22-,31-29+,39-37+. The van der Waals surface area contributed by atoms with Crippen LogP contribution in [-0.2, 0) is 4.79 Å². The Morgan fingerprint density at radius 3 is 1.22 bits per heavy atom. The summed E-state index contributed by atoms with van der Waals surface area (Å²) in [5, 5.41) is 33.1. The molecule has 0 fully saturated rings.